The summed E-state index contributed by atoms with van der Waals surface area (Å²) >= 11 is 0. The molecule has 11 heavy (non-hydrogen) atoms. The highest BCUT2D eigenvalue weighted by Gasteiger charge is 2.25. The highest BCUT2D eigenvalue weighted by atomic mass is 16.3. The summed E-state index contributed by atoms with van der Waals surface area (Å²) in [6, 6.07) is 4.44. The van der Waals surface area contributed by atoms with Gasteiger partial charge < -0.3 is 9.73 Å². The van der Waals surface area contributed by atoms with Crippen LogP contribution in [-0.2, 0) is 0 Å². The fourth-order valence-electron chi connectivity index (χ4n) is 1.68. The molecule has 0 aliphatic carbocycles. The lowest BCUT2D eigenvalue weighted by Crippen LogP contribution is -2.15. The van der Waals surface area contributed by atoms with Gasteiger partial charge in [0, 0.05) is 0 Å². The van der Waals surface area contributed by atoms with Crippen molar-refractivity contribution in [2.24, 2.45) is 5.92 Å². The van der Waals surface area contributed by atoms with E-state index in [1.54, 1.807) is 6.26 Å². The quantitative estimate of drug-likeness (QED) is 0.663. The van der Waals surface area contributed by atoms with Crippen molar-refractivity contribution >= 4 is 0 Å². The van der Waals surface area contributed by atoms with E-state index in [0.717, 1.165) is 12.3 Å². The van der Waals surface area contributed by atoms with Gasteiger partial charge in [-0.05, 0) is 31.0 Å². The van der Waals surface area contributed by atoms with Crippen molar-refractivity contribution in [2.75, 3.05) is 6.54 Å². The van der Waals surface area contributed by atoms with Gasteiger partial charge in [-0.1, -0.05) is 6.92 Å². The van der Waals surface area contributed by atoms with Crippen LogP contribution in [-0.4, -0.2) is 6.54 Å². The van der Waals surface area contributed by atoms with Crippen LogP contribution in [0.3, 0.4) is 0 Å². The van der Waals surface area contributed by atoms with Crippen LogP contribution in [0.25, 0.3) is 0 Å². The van der Waals surface area contributed by atoms with Gasteiger partial charge >= 0.3 is 0 Å². The zero-order chi connectivity index (χ0) is 7.68. The highest BCUT2D eigenvalue weighted by molar-refractivity contribution is 5.07. The van der Waals surface area contributed by atoms with E-state index in [1.165, 1.54) is 6.42 Å². The first-order chi connectivity index (χ1) is 5.38. The second kappa shape index (κ2) is 2.70. The van der Waals surface area contributed by atoms with Crippen LogP contribution >= 0.6 is 0 Å². The first-order valence-electron chi connectivity index (χ1n) is 4.15. The predicted octanol–water partition coefficient (Wildman–Crippen LogP) is 1.95. The van der Waals surface area contributed by atoms with Crippen LogP contribution in [0.2, 0.25) is 0 Å². The second-order valence-corrected chi connectivity index (χ2v) is 3.21. The van der Waals surface area contributed by atoms with Crippen molar-refractivity contribution in [1.82, 2.24) is 5.32 Å². The monoisotopic (exact) mass is 151 g/mol. The Bertz CT molecular complexity index is 217. The van der Waals surface area contributed by atoms with E-state index in [1.807, 2.05) is 12.1 Å². The number of hydrogen-bond donors (Lipinski definition) is 1. The third kappa shape index (κ3) is 1.18. The maximum atomic E-state index is 5.33. The Morgan fingerprint density at radius 1 is 1.64 bits per heavy atom. The molecule has 0 radical (unpaired) electrons. The lowest BCUT2D eigenvalue weighted by molar-refractivity contribution is 0.394. The summed E-state index contributed by atoms with van der Waals surface area (Å²) in [6.45, 7) is 3.37. The summed E-state index contributed by atoms with van der Waals surface area (Å²) in [5.41, 5.74) is 0. The lowest BCUT2D eigenvalue weighted by atomic mass is 10.0. The van der Waals surface area contributed by atoms with Crippen molar-refractivity contribution in [3.8, 4) is 0 Å². The summed E-state index contributed by atoms with van der Waals surface area (Å²) in [5, 5.41) is 3.42. The molecular formula is C9H13NO. The number of nitrogens with one attached hydrogen (secondary N) is 1. The maximum absolute atomic E-state index is 5.33. The zero-order valence-electron chi connectivity index (χ0n) is 6.71. The standard InChI is InChI=1S/C9H13NO/c1-7-4-5-10-9(7)8-3-2-6-11-8/h2-3,6-7,9-10H,4-5H2,1H3/t7-,9-/m1/s1. The molecule has 0 unspecified atom stereocenters. The van der Waals surface area contributed by atoms with Gasteiger partial charge in [-0.25, -0.2) is 0 Å². The molecule has 1 aromatic rings. The molecule has 60 valence electrons. The summed E-state index contributed by atoms with van der Waals surface area (Å²) in [6.07, 6.45) is 2.99. The maximum Gasteiger partial charge on any atom is 0.120 e. The number of rotatable bonds is 1. The molecule has 2 nitrogen and oxygen atoms in total. The minimum absolute atomic E-state index is 0.449. The Morgan fingerprint density at radius 2 is 2.55 bits per heavy atom. The van der Waals surface area contributed by atoms with Gasteiger partial charge in [0.25, 0.3) is 0 Å². The fourth-order valence-corrected chi connectivity index (χ4v) is 1.68. The fraction of sp³-hybridized carbons (Fsp3) is 0.556. The molecule has 2 heterocycles. The molecule has 1 aliphatic rings. The normalized spacial score (nSPS) is 31.0. The molecular weight excluding hydrogens is 138 g/mol. The Hall–Kier alpha value is -0.760. The molecule has 0 bridgehead atoms. The van der Waals surface area contributed by atoms with Gasteiger partial charge in [-0.3, -0.25) is 0 Å². The van der Waals surface area contributed by atoms with E-state index in [0.29, 0.717) is 12.0 Å². The van der Waals surface area contributed by atoms with Crippen molar-refractivity contribution in [3.63, 3.8) is 0 Å². The molecule has 2 heteroatoms. The zero-order valence-corrected chi connectivity index (χ0v) is 6.71. The van der Waals surface area contributed by atoms with Crippen LogP contribution in [0.4, 0.5) is 0 Å². The minimum Gasteiger partial charge on any atom is -0.468 e. The number of hydrogen-bond acceptors (Lipinski definition) is 2. The molecule has 0 amide bonds. The second-order valence-electron chi connectivity index (χ2n) is 3.21. The molecule has 1 fully saturated rings. The molecule has 0 spiro atoms. The topological polar surface area (TPSA) is 25.2 Å². The Labute approximate surface area is 66.6 Å². The molecule has 0 saturated carbocycles. The van der Waals surface area contributed by atoms with Crippen LogP contribution in [0, 0.1) is 5.92 Å². The van der Waals surface area contributed by atoms with E-state index >= 15 is 0 Å². The molecule has 1 N–H and O–H groups in total. The van der Waals surface area contributed by atoms with Crippen molar-refractivity contribution in [3.05, 3.63) is 24.2 Å². The molecule has 2 rings (SSSR count). The predicted molar refractivity (Wildman–Crippen MR) is 43.2 cm³/mol. The largest absolute Gasteiger partial charge is 0.468 e. The summed E-state index contributed by atoms with van der Waals surface area (Å²) < 4.78 is 5.33. The van der Waals surface area contributed by atoms with Gasteiger partial charge in [0.2, 0.25) is 0 Å². The van der Waals surface area contributed by atoms with Crippen molar-refractivity contribution < 1.29 is 4.42 Å². The molecule has 1 saturated heterocycles. The first kappa shape index (κ1) is 6.92. The minimum atomic E-state index is 0.449. The SMILES string of the molecule is C[C@@H]1CCN[C@H]1c1ccco1. The smallest absolute Gasteiger partial charge is 0.120 e. The number of furan rings is 1. The molecule has 1 aromatic heterocycles. The Kier molecular flexibility index (Phi) is 1.70. The van der Waals surface area contributed by atoms with Gasteiger partial charge in [-0.15, -0.1) is 0 Å². The van der Waals surface area contributed by atoms with Gasteiger partial charge in [-0.2, -0.15) is 0 Å². The van der Waals surface area contributed by atoms with Crippen LogP contribution in [0.15, 0.2) is 22.8 Å². The summed E-state index contributed by atoms with van der Waals surface area (Å²) in [7, 11) is 0. The molecule has 0 aromatic carbocycles. The average Bonchev–Trinajstić information content (AvgIpc) is 2.55. The van der Waals surface area contributed by atoms with Gasteiger partial charge in [0.15, 0.2) is 0 Å². The Balaban J connectivity index is 2.16. The third-order valence-corrected chi connectivity index (χ3v) is 2.38. The van der Waals surface area contributed by atoms with E-state index in [4.69, 9.17) is 4.42 Å². The molecule has 2 atom stereocenters. The lowest BCUT2D eigenvalue weighted by Gasteiger charge is -2.11. The van der Waals surface area contributed by atoms with Crippen LogP contribution in [0.1, 0.15) is 25.1 Å². The van der Waals surface area contributed by atoms with Gasteiger partial charge in [0.05, 0.1) is 12.3 Å². The van der Waals surface area contributed by atoms with E-state index < -0.39 is 0 Å². The highest BCUT2D eigenvalue weighted by Crippen LogP contribution is 2.28. The van der Waals surface area contributed by atoms with Crippen molar-refractivity contribution in [2.45, 2.75) is 19.4 Å². The summed E-state index contributed by atoms with van der Waals surface area (Å²) in [4.78, 5) is 0. The summed E-state index contributed by atoms with van der Waals surface area (Å²) in [5.74, 6) is 1.79. The van der Waals surface area contributed by atoms with Gasteiger partial charge in [0.1, 0.15) is 5.76 Å². The Morgan fingerprint density at radius 3 is 3.09 bits per heavy atom. The molecule has 1 aliphatic heterocycles. The first-order valence-corrected chi connectivity index (χ1v) is 4.15. The van der Waals surface area contributed by atoms with E-state index in [2.05, 4.69) is 12.2 Å². The van der Waals surface area contributed by atoms with E-state index in [9.17, 15) is 0 Å². The van der Waals surface area contributed by atoms with Crippen LogP contribution < -0.4 is 5.32 Å². The van der Waals surface area contributed by atoms with Crippen LogP contribution in [0.5, 0.6) is 0 Å². The van der Waals surface area contributed by atoms with E-state index in [-0.39, 0.29) is 0 Å². The third-order valence-electron chi connectivity index (χ3n) is 2.38. The van der Waals surface area contributed by atoms with Crippen molar-refractivity contribution in [1.29, 1.82) is 0 Å². The average molecular weight is 151 g/mol.